The van der Waals surface area contributed by atoms with Crippen molar-refractivity contribution in [2.75, 3.05) is 12.5 Å². The van der Waals surface area contributed by atoms with Crippen LogP contribution in [0.4, 0.5) is 0 Å². The Balaban J connectivity index is 5.49. The van der Waals surface area contributed by atoms with Crippen molar-refractivity contribution in [1.82, 2.24) is 0 Å². The van der Waals surface area contributed by atoms with Crippen molar-refractivity contribution in [3.63, 3.8) is 0 Å². The molecule has 0 aliphatic carbocycles. The van der Waals surface area contributed by atoms with Gasteiger partial charge in [0.05, 0.1) is 10.1 Å². The first-order valence-corrected chi connectivity index (χ1v) is 5.95. The third-order valence-corrected chi connectivity index (χ3v) is 2.69. The number of allylic oxidation sites excluding steroid dienone is 2. The predicted octanol–water partition coefficient (Wildman–Crippen LogP) is 1.10. The molecule has 0 radical (unpaired) electrons. The Morgan fingerprint density at radius 2 is 1.21 bits per heavy atom. The number of nitrogens with zero attached hydrogens (tertiary/aromatic N) is 2. The van der Waals surface area contributed by atoms with Crippen LogP contribution in [0.25, 0.3) is 0 Å². The molecule has 0 saturated heterocycles. The van der Waals surface area contributed by atoms with Crippen LogP contribution < -0.4 is 11.5 Å². The zero-order valence-corrected chi connectivity index (χ0v) is 9.50. The van der Waals surface area contributed by atoms with E-state index in [0.29, 0.717) is 10.1 Å². The summed E-state index contributed by atoms with van der Waals surface area (Å²) in [7, 11) is 0. The number of nitriles is 2. The van der Waals surface area contributed by atoms with Crippen LogP contribution in [0.3, 0.4) is 0 Å². The Bertz CT molecular complexity index is 321. The lowest BCUT2D eigenvalue weighted by Gasteiger charge is -2.03. The average Bonchev–Trinajstić information content (AvgIpc) is 2.23. The van der Waals surface area contributed by atoms with Crippen molar-refractivity contribution < 1.29 is 0 Å². The number of hydrogen-bond acceptors (Lipinski definition) is 6. The summed E-state index contributed by atoms with van der Waals surface area (Å²) in [5.41, 5.74) is 11.4. The molecule has 0 aliphatic heterocycles. The van der Waals surface area contributed by atoms with E-state index in [2.05, 4.69) is 0 Å². The molecule has 0 heterocycles. The molecule has 0 saturated carbocycles. The number of rotatable bonds is 3. The van der Waals surface area contributed by atoms with Crippen molar-refractivity contribution >= 4 is 23.5 Å². The molecule has 0 atom stereocenters. The highest BCUT2D eigenvalue weighted by atomic mass is 32.2. The van der Waals surface area contributed by atoms with Crippen LogP contribution in [0.2, 0.25) is 0 Å². The van der Waals surface area contributed by atoms with Crippen molar-refractivity contribution in [3.05, 3.63) is 21.2 Å². The molecule has 4 N–H and O–H groups in total. The minimum Gasteiger partial charge on any atom is -0.392 e. The van der Waals surface area contributed by atoms with Gasteiger partial charge in [-0.2, -0.15) is 10.5 Å². The van der Waals surface area contributed by atoms with Gasteiger partial charge in [-0.05, 0) is 12.5 Å². The van der Waals surface area contributed by atoms with Crippen LogP contribution in [0.15, 0.2) is 21.2 Å². The molecule has 0 unspecified atom stereocenters. The Hall–Kier alpha value is -1.24. The standard InChI is InChI=1S/C8H10N4S2/c1-13-7(11)5(3-9)6(4-10)8(12)14-2/h11-12H2,1-2H3/b7-5-,8-6-. The van der Waals surface area contributed by atoms with E-state index in [-0.39, 0.29) is 11.1 Å². The SMILES string of the molecule is CS/C(N)=C(C#N)\C(C#N)=C(\N)SC. The number of thioether (sulfide) groups is 2. The van der Waals surface area contributed by atoms with E-state index in [9.17, 15) is 0 Å². The molecule has 0 aliphatic rings. The van der Waals surface area contributed by atoms with E-state index in [4.69, 9.17) is 22.0 Å². The van der Waals surface area contributed by atoms with Crippen molar-refractivity contribution in [1.29, 1.82) is 10.5 Å². The largest absolute Gasteiger partial charge is 0.392 e. The lowest BCUT2D eigenvalue weighted by atomic mass is 10.1. The van der Waals surface area contributed by atoms with Gasteiger partial charge in [0, 0.05) is 0 Å². The van der Waals surface area contributed by atoms with E-state index in [1.54, 1.807) is 12.5 Å². The molecule has 0 spiro atoms. The van der Waals surface area contributed by atoms with E-state index < -0.39 is 0 Å². The summed E-state index contributed by atoms with van der Waals surface area (Å²) in [4.78, 5) is 0. The Labute approximate surface area is 91.6 Å². The summed E-state index contributed by atoms with van der Waals surface area (Å²) in [6.45, 7) is 0. The summed E-state index contributed by atoms with van der Waals surface area (Å²) in [6, 6.07) is 3.76. The maximum absolute atomic E-state index is 8.82. The lowest BCUT2D eigenvalue weighted by molar-refractivity contribution is 1.35. The monoisotopic (exact) mass is 226 g/mol. The van der Waals surface area contributed by atoms with Gasteiger partial charge in [-0.1, -0.05) is 0 Å². The first kappa shape index (κ1) is 12.8. The minimum absolute atomic E-state index is 0.145. The normalized spacial score (nSPS) is 13.4. The highest BCUT2D eigenvalue weighted by Gasteiger charge is 2.12. The summed E-state index contributed by atoms with van der Waals surface area (Å²) >= 11 is 2.43. The quantitative estimate of drug-likeness (QED) is 0.552. The zero-order chi connectivity index (χ0) is 11.1. The predicted molar refractivity (Wildman–Crippen MR) is 60.7 cm³/mol. The Kier molecular flexibility index (Phi) is 5.70. The van der Waals surface area contributed by atoms with Gasteiger partial charge in [0.1, 0.15) is 23.3 Å². The van der Waals surface area contributed by atoms with Crippen LogP contribution in [-0.4, -0.2) is 12.5 Å². The van der Waals surface area contributed by atoms with Crippen LogP contribution in [0.5, 0.6) is 0 Å². The second kappa shape index (κ2) is 6.25. The van der Waals surface area contributed by atoms with Gasteiger partial charge in [-0.3, -0.25) is 0 Å². The third kappa shape index (κ3) is 2.91. The topological polar surface area (TPSA) is 99.6 Å². The third-order valence-electron chi connectivity index (χ3n) is 1.41. The maximum Gasteiger partial charge on any atom is 0.103 e. The second-order valence-corrected chi connectivity index (χ2v) is 3.81. The van der Waals surface area contributed by atoms with Gasteiger partial charge in [0.15, 0.2) is 0 Å². The van der Waals surface area contributed by atoms with Crippen LogP contribution in [0.1, 0.15) is 0 Å². The van der Waals surface area contributed by atoms with E-state index >= 15 is 0 Å². The molecule has 0 aromatic carbocycles. The molecule has 4 nitrogen and oxygen atoms in total. The van der Waals surface area contributed by atoms with Gasteiger partial charge < -0.3 is 11.5 Å². The van der Waals surface area contributed by atoms with E-state index in [1.807, 2.05) is 12.1 Å². The molecule has 74 valence electrons. The summed E-state index contributed by atoms with van der Waals surface area (Å²) in [5, 5.41) is 18.3. The molecule has 0 aromatic rings. The Morgan fingerprint density at radius 1 is 0.929 bits per heavy atom. The summed E-state index contributed by atoms with van der Waals surface area (Å²) < 4.78 is 0. The second-order valence-electron chi connectivity index (χ2n) is 2.11. The Morgan fingerprint density at radius 3 is 1.36 bits per heavy atom. The molecule has 6 heteroatoms. The average molecular weight is 226 g/mol. The molecule has 14 heavy (non-hydrogen) atoms. The van der Waals surface area contributed by atoms with Gasteiger partial charge in [0.25, 0.3) is 0 Å². The smallest absolute Gasteiger partial charge is 0.103 e. The van der Waals surface area contributed by atoms with Gasteiger partial charge in [-0.25, -0.2) is 0 Å². The molecule has 0 bridgehead atoms. The zero-order valence-electron chi connectivity index (χ0n) is 7.87. The molecule has 0 amide bonds. The first-order valence-electron chi connectivity index (χ1n) is 3.50. The lowest BCUT2D eigenvalue weighted by Crippen LogP contribution is -2.04. The fourth-order valence-corrected chi connectivity index (χ4v) is 1.38. The van der Waals surface area contributed by atoms with Crippen LogP contribution in [0, 0.1) is 22.7 Å². The van der Waals surface area contributed by atoms with Crippen LogP contribution in [-0.2, 0) is 0 Å². The van der Waals surface area contributed by atoms with Crippen molar-refractivity contribution in [3.8, 4) is 12.1 Å². The van der Waals surface area contributed by atoms with Gasteiger partial charge in [0.2, 0.25) is 0 Å². The van der Waals surface area contributed by atoms with Crippen LogP contribution >= 0.6 is 23.5 Å². The minimum atomic E-state index is 0.145. The van der Waals surface area contributed by atoms with Crippen molar-refractivity contribution in [2.45, 2.75) is 0 Å². The fourth-order valence-electron chi connectivity index (χ4n) is 0.673. The highest BCUT2D eigenvalue weighted by Crippen LogP contribution is 2.22. The maximum atomic E-state index is 8.82. The van der Waals surface area contributed by atoms with Crippen molar-refractivity contribution in [2.24, 2.45) is 11.5 Å². The molecular weight excluding hydrogens is 216 g/mol. The van der Waals surface area contributed by atoms with Gasteiger partial charge >= 0.3 is 0 Å². The molecule has 0 aromatic heterocycles. The number of nitrogens with two attached hydrogens (primary N) is 2. The summed E-state index contributed by atoms with van der Waals surface area (Å²) in [5.74, 6) is 0. The number of hydrogen-bond donors (Lipinski definition) is 2. The first-order chi connectivity index (χ1) is 6.62. The summed E-state index contributed by atoms with van der Waals surface area (Å²) in [6.07, 6.45) is 3.47. The van der Waals surface area contributed by atoms with Gasteiger partial charge in [-0.15, -0.1) is 23.5 Å². The molecule has 0 rings (SSSR count). The van der Waals surface area contributed by atoms with E-state index in [1.165, 1.54) is 23.5 Å². The fraction of sp³-hybridized carbons (Fsp3) is 0.250. The molecule has 0 fully saturated rings. The highest BCUT2D eigenvalue weighted by molar-refractivity contribution is 8.02. The van der Waals surface area contributed by atoms with E-state index in [0.717, 1.165) is 0 Å². The molecular formula is C8H10N4S2.